The van der Waals surface area contributed by atoms with E-state index >= 15 is 0 Å². The summed E-state index contributed by atoms with van der Waals surface area (Å²) in [6.07, 6.45) is 2.54. The highest BCUT2D eigenvalue weighted by molar-refractivity contribution is 5.39. The molecule has 0 spiro atoms. The number of fused-ring (bicyclic) bond motifs is 3. The van der Waals surface area contributed by atoms with Crippen molar-refractivity contribution in [1.29, 1.82) is 0 Å². The molecular formula is C29H34N2O2. The Kier molecular flexibility index (Phi) is 6.65. The van der Waals surface area contributed by atoms with Gasteiger partial charge in [0.2, 0.25) is 0 Å². The normalized spacial score (nSPS) is 24.1. The Morgan fingerprint density at radius 1 is 0.818 bits per heavy atom. The molecule has 0 aromatic heterocycles. The molecule has 0 saturated carbocycles. The first-order valence-electron chi connectivity index (χ1n) is 12.1. The van der Waals surface area contributed by atoms with Crippen LogP contribution in [0.25, 0.3) is 0 Å². The van der Waals surface area contributed by atoms with Gasteiger partial charge >= 0.3 is 0 Å². The molecular weight excluding hydrogens is 408 g/mol. The number of rotatable bonds is 8. The van der Waals surface area contributed by atoms with E-state index in [0.717, 1.165) is 18.0 Å². The first-order chi connectivity index (χ1) is 16.3. The first-order valence-corrected chi connectivity index (χ1v) is 12.1. The summed E-state index contributed by atoms with van der Waals surface area (Å²) in [5.41, 5.74) is 3.99. The number of hydrogen-bond acceptors (Lipinski definition) is 4. The van der Waals surface area contributed by atoms with Crippen molar-refractivity contribution in [2.45, 2.75) is 37.4 Å². The molecule has 3 saturated heterocycles. The number of nitrogens with zero attached hydrogens (tertiary/aromatic N) is 1. The zero-order valence-electron chi connectivity index (χ0n) is 19.6. The van der Waals surface area contributed by atoms with Crippen molar-refractivity contribution in [2.24, 2.45) is 5.92 Å². The fourth-order valence-electron chi connectivity index (χ4n) is 5.90. The quantitative estimate of drug-likeness (QED) is 0.527. The average molecular weight is 443 g/mol. The lowest BCUT2D eigenvalue weighted by Crippen LogP contribution is -2.64. The molecule has 0 amide bonds. The minimum atomic E-state index is 0.341. The molecule has 0 unspecified atom stereocenters. The van der Waals surface area contributed by atoms with Crippen molar-refractivity contribution in [3.63, 3.8) is 0 Å². The van der Waals surface area contributed by atoms with Gasteiger partial charge in [-0.25, -0.2) is 0 Å². The summed E-state index contributed by atoms with van der Waals surface area (Å²) >= 11 is 0. The molecule has 2 bridgehead atoms. The Bertz CT molecular complexity index is 970. The highest BCUT2D eigenvalue weighted by Gasteiger charge is 2.46. The van der Waals surface area contributed by atoms with Crippen LogP contribution in [-0.2, 0) is 6.54 Å². The van der Waals surface area contributed by atoms with E-state index in [1.54, 1.807) is 14.2 Å². The molecule has 4 nitrogen and oxygen atoms in total. The molecule has 172 valence electrons. The summed E-state index contributed by atoms with van der Waals surface area (Å²) < 4.78 is 11.0. The molecule has 0 radical (unpaired) electrons. The Morgan fingerprint density at radius 2 is 1.36 bits per heavy atom. The van der Waals surface area contributed by atoms with E-state index in [1.807, 2.05) is 6.07 Å². The topological polar surface area (TPSA) is 33.7 Å². The van der Waals surface area contributed by atoms with Crippen molar-refractivity contribution in [3.05, 3.63) is 95.6 Å². The maximum absolute atomic E-state index is 5.50. The summed E-state index contributed by atoms with van der Waals surface area (Å²) in [5, 5.41) is 3.99. The van der Waals surface area contributed by atoms with Crippen LogP contribution in [0.1, 0.15) is 35.4 Å². The van der Waals surface area contributed by atoms with E-state index in [1.165, 1.54) is 42.6 Å². The van der Waals surface area contributed by atoms with Crippen LogP contribution in [0, 0.1) is 5.92 Å². The second-order valence-electron chi connectivity index (χ2n) is 9.29. The van der Waals surface area contributed by atoms with Gasteiger partial charge in [-0.2, -0.15) is 0 Å². The second kappa shape index (κ2) is 9.98. The van der Waals surface area contributed by atoms with E-state index in [9.17, 15) is 0 Å². The average Bonchev–Trinajstić information content (AvgIpc) is 2.89. The molecule has 3 aliphatic rings. The number of piperidine rings is 3. The van der Waals surface area contributed by atoms with Gasteiger partial charge in [0, 0.05) is 30.6 Å². The van der Waals surface area contributed by atoms with Crippen LogP contribution in [0.15, 0.2) is 78.9 Å². The molecule has 3 heterocycles. The van der Waals surface area contributed by atoms with Gasteiger partial charge in [-0.1, -0.05) is 60.7 Å². The maximum atomic E-state index is 5.50. The highest BCUT2D eigenvalue weighted by Crippen LogP contribution is 2.42. The van der Waals surface area contributed by atoms with Crippen LogP contribution in [0.4, 0.5) is 0 Å². The third kappa shape index (κ3) is 4.64. The SMILES string of the molecule is COc1cc(CN[C@@H]2C3CCN(CC3)[C@H]2C(c2ccccc2)c2ccccc2)cc(OC)c1. The predicted molar refractivity (Wildman–Crippen MR) is 133 cm³/mol. The molecule has 3 aliphatic heterocycles. The van der Waals surface area contributed by atoms with Crippen LogP contribution in [-0.4, -0.2) is 44.3 Å². The van der Waals surface area contributed by atoms with E-state index < -0.39 is 0 Å². The van der Waals surface area contributed by atoms with Crippen molar-refractivity contribution in [1.82, 2.24) is 10.2 Å². The Labute approximate surface area is 197 Å². The Balaban J connectivity index is 1.47. The van der Waals surface area contributed by atoms with Crippen LogP contribution < -0.4 is 14.8 Å². The van der Waals surface area contributed by atoms with E-state index in [-0.39, 0.29) is 0 Å². The van der Waals surface area contributed by atoms with Gasteiger partial charge in [0.25, 0.3) is 0 Å². The molecule has 3 fully saturated rings. The standard InChI is InChI=1S/C29H34N2O2/c1-32-25-17-21(18-26(19-25)33-2)20-30-28-24-13-15-31(16-14-24)29(28)27(22-9-5-3-6-10-22)23-11-7-4-8-12-23/h3-12,17-19,24,27-30H,13-16,20H2,1-2H3/t28-,29+/m1/s1. The largest absolute Gasteiger partial charge is 0.497 e. The fraction of sp³-hybridized carbons (Fsp3) is 0.379. The summed E-state index contributed by atoms with van der Waals surface area (Å²) in [6, 6.07) is 29.1. The van der Waals surface area contributed by atoms with Crippen LogP contribution >= 0.6 is 0 Å². The zero-order chi connectivity index (χ0) is 22.6. The molecule has 3 aromatic rings. The van der Waals surface area contributed by atoms with Gasteiger partial charge in [-0.05, 0) is 60.7 Å². The fourth-order valence-corrected chi connectivity index (χ4v) is 5.90. The minimum absolute atomic E-state index is 0.341. The van der Waals surface area contributed by atoms with Gasteiger partial charge in [0.15, 0.2) is 0 Å². The number of benzene rings is 3. The molecule has 2 atom stereocenters. The van der Waals surface area contributed by atoms with Crippen molar-refractivity contribution < 1.29 is 9.47 Å². The van der Waals surface area contributed by atoms with Crippen LogP contribution in [0.3, 0.4) is 0 Å². The van der Waals surface area contributed by atoms with Crippen LogP contribution in [0.2, 0.25) is 0 Å². The van der Waals surface area contributed by atoms with E-state index in [2.05, 4.69) is 83.0 Å². The molecule has 33 heavy (non-hydrogen) atoms. The summed E-state index contributed by atoms with van der Waals surface area (Å²) in [7, 11) is 3.42. The highest BCUT2D eigenvalue weighted by atomic mass is 16.5. The smallest absolute Gasteiger partial charge is 0.122 e. The van der Waals surface area contributed by atoms with Gasteiger partial charge < -0.3 is 14.8 Å². The minimum Gasteiger partial charge on any atom is -0.497 e. The maximum Gasteiger partial charge on any atom is 0.122 e. The summed E-state index contributed by atoms with van der Waals surface area (Å²) in [4.78, 5) is 2.73. The number of ether oxygens (including phenoxy) is 2. The lowest BCUT2D eigenvalue weighted by atomic mass is 9.70. The Morgan fingerprint density at radius 3 is 1.88 bits per heavy atom. The number of nitrogens with one attached hydrogen (secondary N) is 1. The lowest BCUT2D eigenvalue weighted by Gasteiger charge is -2.54. The van der Waals surface area contributed by atoms with Gasteiger partial charge in [0.05, 0.1) is 14.2 Å². The Hall–Kier alpha value is -2.82. The second-order valence-corrected chi connectivity index (χ2v) is 9.29. The third-order valence-electron chi connectivity index (χ3n) is 7.48. The predicted octanol–water partition coefficient (Wildman–Crippen LogP) is 5.09. The summed E-state index contributed by atoms with van der Waals surface area (Å²) in [6.45, 7) is 3.18. The van der Waals surface area contributed by atoms with Crippen molar-refractivity contribution >= 4 is 0 Å². The summed E-state index contributed by atoms with van der Waals surface area (Å²) in [5.74, 6) is 2.71. The van der Waals surface area contributed by atoms with Gasteiger partial charge in [-0.15, -0.1) is 0 Å². The van der Waals surface area contributed by atoms with Gasteiger partial charge in [-0.3, -0.25) is 4.90 Å². The molecule has 6 rings (SSSR count). The van der Waals surface area contributed by atoms with Crippen molar-refractivity contribution in [3.8, 4) is 11.5 Å². The molecule has 3 aromatic carbocycles. The van der Waals surface area contributed by atoms with Crippen LogP contribution in [0.5, 0.6) is 11.5 Å². The molecule has 1 N–H and O–H groups in total. The van der Waals surface area contributed by atoms with E-state index in [0.29, 0.717) is 23.9 Å². The van der Waals surface area contributed by atoms with Gasteiger partial charge in [0.1, 0.15) is 11.5 Å². The lowest BCUT2D eigenvalue weighted by molar-refractivity contribution is 0.00467. The third-order valence-corrected chi connectivity index (χ3v) is 7.48. The molecule has 0 aliphatic carbocycles. The monoisotopic (exact) mass is 442 g/mol. The van der Waals surface area contributed by atoms with E-state index in [4.69, 9.17) is 9.47 Å². The zero-order valence-corrected chi connectivity index (χ0v) is 19.6. The number of hydrogen-bond donors (Lipinski definition) is 1. The molecule has 4 heteroatoms. The van der Waals surface area contributed by atoms with Crippen molar-refractivity contribution in [2.75, 3.05) is 27.3 Å². The number of methoxy groups -OCH3 is 2. The first kappa shape index (κ1) is 22.0.